The van der Waals surface area contributed by atoms with E-state index in [1.54, 1.807) is 31.4 Å². The fraction of sp³-hybridized carbons (Fsp3) is 0.300. The van der Waals surface area contributed by atoms with Crippen molar-refractivity contribution in [1.82, 2.24) is 0 Å². The molecule has 0 atom stereocenters. The zero-order chi connectivity index (χ0) is 18.5. The third-order valence-corrected chi connectivity index (χ3v) is 4.16. The minimum atomic E-state index is -0.292. The van der Waals surface area contributed by atoms with Gasteiger partial charge in [0.25, 0.3) is 5.91 Å². The average Bonchev–Trinajstić information content (AvgIpc) is 3.48. The van der Waals surface area contributed by atoms with Crippen molar-refractivity contribution in [2.75, 3.05) is 24.4 Å². The highest BCUT2D eigenvalue weighted by Gasteiger charge is 2.29. The molecule has 0 aliphatic heterocycles. The molecule has 0 radical (unpaired) electrons. The Morgan fingerprint density at radius 2 is 1.81 bits per heavy atom. The first-order chi connectivity index (χ1) is 12.6. The zero-order valence-corrected chi connectivity index (χ0v) is 14.9. The number of ether oxygens (including phenoxy) is 2. The van der Waals surface area contributed by atoms with Crippen LogP contribution in [0.15, 0.2) is 42.5 Å². The van der Waals surface area contributed by atoms with Crippen LogP contribution < -0.4 is 20.1 Å². The summed E-state index contributed by atoms with van der Waals surface area (Å²) in [4.78, 5) is 24.1. The molecule has 6 nitrogen and oxygen atoms in total. The molecule has 2 aromatic rings. The summed E-state index contributed by atoms with van der Waals surface area (Å²) in [5.41, 5.74) is 2.27. The number of carbonyl (C=O) groups excluding carboxylic acids is 2. The zero-order valence-electron chi connectivity index (χ0n) is 14.9. The first kappa shape index (κ1) is 17.8. The number of para-hydroxylation sites is 2. The van der Waals surface area contributed by atoms with Gasteiger partial charge in [0, 0.05) is 17.3 Å². The van der Waals surface area contributed by atoms with E-state index in [2.05, 4.69) is 10.6 Å². The molecule has 2 amide bonds. The lowest BCUT2D eigenvalue weighted by atomic mass is 10.1. The van der Waals surface area contributed by atoms with Crippen LogP contribution in [0.25, 0.3) is 0 Å². The molecule has 26 heavy (non-hydrogen) atoms. The van der Waals surface area contributed by atoms with Crippen molar-refractivity contribution in [1.29, 1.82) is 0 Å². The topological polar surface area (TPSA) is 76.7 Å². The monoisotopic (exact) mass is 354 g/mol. The van der Waals surface area contributed by atoms with Gasteiger partial charge in [-0.05, 0) is 49.6 Å². The van der Waals surface area contributed by atoms with E-state index in [-0.39, 0.29) is 24.3 Å². The van der Waals surface area contributed by atoms with Gasteiger partial charge in [-0.3, -0.25) is 9.59 Å². The van der Waals surface area contributed by atoms with Gasteiger partial charge in [-0.15, -0.1) is 0 Å². The summed E-state index contributed by atoms with van der Waals surface area (Å²) in [6.45, 7) is 1.77. The third-order valence-electron chi connectivity index (χ3n) is 4.16. The number of nitrogens with one attached hydrogen (secondary N) is 2. The number of carbonyl (C=O) groups is 2. The number of benzene rings is 2. The molecule has 0 bridgehead atoms. The van der Waals surface area contributed by atoms with E-state index < -0.39 is 0 Å². The van der Waals surface area contributed by atoms with Crippen molar-refractivity contribution in [3.8, 4) is 11.5 Å². The second-order valence-corrected chi connectivity index (χ2v) is 6.28. The van der Waals surface area contributed by atoms with Gasteiger partial charge < -0.3 is 20.1 Å². The van der Waals surface area contributed by atoms with E-state index in [9.17, 15) is 9.59 Å². The number of hydrogen-bond donors (Lipinski definition) is 2. The third kappa shape index (κ3) is 4.53. The number of amides is 2. The Balaban J connectivity index is 1.59. The Morgan fingerprint density at radius 1 is 1.08 bits per heavy atom. The maximum atomic E-state index is 12.2. The van der Waals surface area contributed by atoms with Crippen molar-refractivity contribution >= 4 is 23.2 Å². The summed E-state index contributed by atoms with van der Waals surface area (Å²) in [5.74, 6) is 0.948. The highest BCUT2D eigenvalue weighted by Crippen LogP contribution is 2.31. The highest BCUT2D eigenvalue weighted by molar-refractivity contribution is 5.96. The van der Waals surface area contributed by atoms with Crippen molar-refractivity contribution in [2.24, 2.45) is 5.92 Å². The van der Waals surface area contributed by atoms with Crippen molar-refractivity contribution in [3.63, 3.8) is 0 Å². The molecule has 1 aliphatic carbocycles. The highest BCUT2D eigenvalue weighted by atomic mass is 16.5. The molecule has 136 valence electrons. The predicted molar refractivity (Wildman–Crippen MR) is 99.7 cm³/mol. The smallest absolute Gasteiger partial charge is 0.262 e. The quantitative estimate of drug-likeness (QED) is 0.799. The molecule has 0 heterocycles. The standard InChI is InChI=1S/C20H22N2O4/c1-13-7-10-15(11-16(13)22-20(24)14-8-9-14)21-19(23)12-26-18-6-4-3-5-17(18)25-2/h3-7,10-11,14H,8-9,12H2,1-2H3,(H,21,23)(H,22,24). The van der Waals surface area contributed by atoms with Crippen LogP contribution in [0.4, 0.5) is 11.4 Å². The molecule has 6 heteroatoms. The summed E-state index contributed by atoms with van der Waals surface area (Å²) >= 11 is 0. The average molecular weight is 354 g/mol. The summed E-state index contributed by atoms with van der Waals surface area (Å²) in [7, 11) is 1.55. The molecule has 1 fully saturated rings. The van der Waals surface area contributed by atoms with Gasteiger partial charge in [0.1, 0.15) is 0 Å². The molecule has 0 aromatic heterocycles. The predicted octanol–water partition coefficient (Wildman–Crippen LogP) is 3.37. The first-order valence-corrected chi connectivity index (χ1v) is 8.54. The fourth-order valence-corrected chi connectivity index (χ4v) is 2.49. The van der Waals surface area contributed by atoms with Crippen molar-refractivity contribution < 1.29 is 19.1 Å². The number of aryl methyl sites for hydroxylation is 1. The van der Waals surface area contributed by atoms with Crippen LogP contribution in [0.5, 0.6) is 11.5 Å². The molecule has 3 rings (SSSR count). The Labute approximate surface area is 152 Å². The Morgan fingerprint density at radius 3 is 2.50 bits per heavy atom. The second kappa shape index (κ2) is 7.91. The summed E-state index contributed by atoms with van der Waals surface area (Å²) in [5, 5.41) is 5.70. The molecule has 0 spiro atoms. The van der Waals surface area contributed by atoms with Crippen LogP contribution in [-0.2, 0) is 9.59 Å². The van der Waals surface area contributed by atoms with E-state index in [0.717, 1.165) is 18.4 Å². The Kier molecular flexibility index (Phi) is 5.41. The van der Waals surface area contributed by atoms with Crippen LogP contribution in [0.3, 0.4) is 0 Å². The van der Waals surface area contributed by atoms with Crippen LogP contribution in [0.2, 0.25) is 0 Å². The van der Waals surface area contributed by atoms with Gasteiger partial charge in [0.2, 0.25) is 5.91 Å². The van der Waals surface area contributed by atoms with E-state index in [1.807, 2.05) is 25.1 Å². The van der Waals surface area contributed by atoms with Crippen LogP contribution in [0.1, 0.15) is 18.4 Å². The molecule has 2 N–H and O–H groups in total. The van der Waals surface area contributed by atoms with Gasteiger partial charge in [0.15, 0.2) is 18.1 Å². The maximum absolute atomic E-state index is 12.2. The van der Waals surface area contributed by atoms with Gasteiger partial charge in [0.05, 0.1) is 7.11 Å². The Hall–Kier alpha value is -3.02. The molecular formula is C20H22N2O4. The largest absolute Gasteiger partial charge is 0.493 e. The summed E-state index contributed by atoms with van der Waals surface area (Å²) < 4.78 is 10.7. The van der Waals surface area contributed by atoms with Crippen LogP contribution in [0, 0.1) is 12.8 Å². The van der Waals surface area contributed by atoms with Crippen LogP contribution >= 0.6 is 0 Å². The first-order valence-electron chi connectivity index (χ1n) is 8.54. The lowest BCUT2D eigenvalue weighted by molar-refractivity contribution is -0.118. The van der Waals surface area contributed by atoms with Gasteiger partial charge >= 0.3 is 0 Å². The molecule has 1 aliphatic rings. The van der Waals surface area contributed by atoms with Gasteiger partial charge in [-0.25, -0.2) is 0 Å². The minimum Gasteiger partial charge on any atom is -0.493 e. The van der Waals surface area contributed by atoms with E-state index in [1.165, 1.54) is 0 Å². The summed E-state index contributed by atoms with van der Waals surface area (Å²) in [6, 6.07) is 12.6. The number of methoxy groups -OCH3 is 1. The van der Waals surface area contributed by atoms with Crippen molar-refractivity contribution in [2.45, 2.75) is 19.8 Å². The SMILES string of the molecule is COc1ccccc1OCC(=O)Nc1ccc(C)c(NC(=O)C2CC2)c1. The lowest BCUT2D eigenvalue weighted by Gasteiger charge is -2.13. The van der Waals surface area contributed by atoms with Crippen LogP contribution in [-0.4, -0.2) is 25.5 Å². The molecule has 0 saturated heterocycles. The molecule has 2 aromatic carbocycles. The van der Waals surface area contributed by atoms with Gasteiger partial charge in [-0.2, -0.15) is 0 Å². The number of rotatable bonds is 7. The fourth-order valence-electron chi connectivity index (χ4n) is 2.49. The second-order valence-electron chi connectivity index (χ2n) is 6.28. The van der Waals surface area contributed by atoms with Crippen molar-refractivity contribution in [3.05, 3.63) is 48.0 Å². The van der Waals surface area contributed by atoms with E-state index in [0.29, 0.717) is 22.9 Å². The summed E-state index contributed by atoms with van der Waals surface area (Å²) in [6.07, 6.45) is 1.89. The van der Waals surface area contributed by atoms with E-state index in [4.69, 9.17) is 9.47 Å². The minimum absolute atomic E-state index is 0.0380. The normalized spacial score (nSPS) is 13.0. The molecule has 0 unspecified atom stereocenters. The number of hydrogen-bond acceptors (Lipinski definition) is 4. The molecule has 1 saturated carbocycles. The van der Waals surface area contributed by atoms with Gasteiger partial charge in [-0.1, -0.05) is 18.2 Å². The number of anilines is 2. The lowest BCUT2D eigenvalue weighted by Crippen LogP contribution is -2.20. The molecular weight excluding hydrogens is 332 g/mol. The Bertz CT molecular complexity index is 815. The van der Waals surface area contributed by atoms with E-state index >= 15 is 0 Å². The maximum Gasteiger partial charge on any atom is 0.262 e.